The predicted molar refractivity (Wildman–Crippen MR) is 48.2 cm³/mol. The van der Waals surface area contributed by atoms with E-state index in [0.717, 1.165) is 11.3 Å². The molecule has 0 atom stereocenters. The minimum atomic E-state index is 0.590. The Kier molecular flexibility index (Phi) is 2.15. The number of anilines is 1. The molecule has 1 aromatic rings. The number of rotatable bonds is 1. The van der Waals surface area contributed by atoms with Gasteiger partial charge in [0.2, 0.25) is 0 Å². The third-order valence-electron chi connectivity index (χ3n) is 1.94. The number of hydrogen-bond acceptors (Lipinski definition) is 2. The van der Waals surface area contributed by atoms with E-state index in [4.69, 9.17) is 11.5 Å². The molecule has 2 heteroatoms. The molecule has 0 aliphatic carbocycles. The third kappa shape index (κ3) is 1.52. The molecule has 0 aliphatic heterocycles. The number of benzene rings is 1. The van der Waals surface area contributed by atoms with Crippen molar-refractivity contribution >= 4 is 5.69 Å². The van der Waals surface area contributed by atoms with Crippen LogP contribution in [0.1, 0.15) is 16.7 Å². The lowest BCUT2D eigenvalue weighted by Gasteiger charge is -2.06. The molecule has 0 spiro atoms. The maximum atomic E-state index is 5.70. The third-order valence-corrected chi connectivity index (χ3v) is 1.94. The van der Waals surface area contributed by atoms with E-state index in [1.807, 2.05) is 26.0 Å². The minimum absolute atomic E-state index is 0.590. The molecule has 0 aliphatic rings. The van der Waals surface area contributed by atoms with Crippen LogP contribution in [0.3, 0.4) is 0 Å². The van der Waals surface area contributed by atoms with Crippen LogP contribution in [0.4, 0.5) is 5.69 Å². The van der Waals surface area contributed by atoms with E-state index in [0.29, 0.717) is 6.54 Å². The van der Waals surface area contributed by atoms with E-state index >= 15 is 0 Å². The minimum Gasteiger partial charge on any atom is -0.399 e. The van der Waals surface area contributed by atoms with E-state index in [9.17, 15) is 0 Å². The summed E-state index contributed by atoms with van der Waals surface area (Å²) in [4.78, 5) is 0. The molecule has 1 aromatic carbocycles. The Hall–Kier alpha value is -1.02. The SMILES string of the molecule is Cc1cc(CN)c(C)cc1N. The summed E-state index contributed by atoms with van der Waals surface area (Å²) in [5.74, 6) is 0. The van der Waals surface area contributed by atoms with Crippen molar-refractivity contribution in [3.8, 4) is 0 Å². The summed E-state index contributed by atoms with van der Waals surface area (Å²) in [7, 11) is 0. The van der Waals surface area contributed by atoms with Gasteiger partial charge in [-0.1, -0.05) is 6.07 Å². The molecule has 0 radical (unpaired) electrons. The Balaban J connectivity index is 3.21. The lowest BCUT2D eigenvalue weighted by molar-refractivity contribution is 1.04. The maximum Gasteiger partial charge on any atom is 0.0346 e. The van der Waals surface area contributed by atoms with Crippen LogP contribution in [0, 0.1) is 13.8 Å². The zero-order chi connectivity index (χ0) is 8.43. The molecule has 0 saturated heterocycles. The number of nitrogens with two attached hydrogens (primary N) is 2. The van der Waals surface area contributed by atoms with Crippen LogP contribution in [0.15, 0.2) is 12.1 Å². The van der Waals surface area contributed by atoms with Crippen LogP contribution in [0.5, 0.6) is 0 Å². The number of aryl methyl sites for hydroxylation is 2. The van der Waals surface area contributed by atoms with E-state index < -0.39 is 0 Å². The molecule has 60 valence electrons. The smallest absolute Gasteiger partial charge is 0.0346 e. The first-order valence-corrected chi connectivity index (χ1v) is 3.71. The standard InChI is InChI=1S/C9H14N2/c1-6-4-9(11)7(2)3-8(6)5-10/h3-4H,5,10-11H2,1-2H3. The summed E-state index contributed by atoms with van der Waals surface area (Å²) in [6.07, 6.45) is 0. The lowest BCUT2D eigenvalue weighted by Crippen LogP contribution is -2.01. The van der Waals surface area contributed by atoms with Gasteiger partial charge in [-0.3, -0.25) is 0 Å². The monoisotopic (exact) mass is 150 g/mol. The summed E-state index contributed by atoms with van der Waals surface area (Å²) >= 11 is 0. The number of nitrogen functional groups attached to an aromatic ring is 1. The highest BCUT2D eigenvalue weighted by molar-refractivity contribution is 5.51. The molecule has 0 heterocycles. The second-order valence-corrected chi connectivity index (χ2v) is 2.84. The van der Waals surface area contributed by atoms with Crippen molar-refractivity contribution in [3.63, 3.8) is 0 Å². The first-order chi connectivity index (χ1) is 5.15. The van der Waals surface area contributed by atoms with Gasteiger partial charge in [0.15, 0.2) is 0 Å². The average molecular weight is 150 g/mol. The largest absolute Gasteiger partial charge is 0.399 e. The molecule has 0 bridgehead atoms. The van der Waals surface area contributed by atoms with Gasteiger partial charge in [0, 0.05) is 12.2 Å². The Morgan fingerprint density at radius 3 is 2.36 bits per heavy atom. The summed E-state index contributed by atoms with van der Waals surface area (Å²) in [6, 6.07) is 4.02. The molecule has 2 nitrogen and oxygen atoms in total. The van der Waals surface area contributed by atoms with E-state index in [1.54, 1.807) is 0 Å². The van der Waals surface area contributed by atoms with Crippen LogP contribution in [0.2, 0.25) is 0 Å². The average Bonchev–Trinajstić information content (AvgIpc) is 1.97. The highest BCUT2D eigenvalue weighted by Gasteiger charge is 1.99. The highest BCUT2D eigenvalue weighted by atomic mass is 14.6. The van der Waals surface area contributed by atoms with Crippen molar-refractivity contribution in [1.29, 1.82) is 0 Å². The van der Waals surface area contributed by atoms with Crippen molar-refractivity contribution in [1.82, 2.24) is 0 Å². The fourth-order valence-electron chi connectivity index (χ4n) is 1.12. The topological polar surface area (TPSA) is 52.0 Å². The summed E-state index contributed by atoms with van der Waals surface area (Å²) in [5.41, 5.74) is 15.5. The second kappa shape index (κ2) is 2.93. The second-order valence-electron chi connectivity index (χ2n) is 2.84. The van der Waals surface area contributed by atoms with E-state index in [2.05, 4.69) is 0 Å². The van der Waals surface area contributed by atoms with Crippen LogP contribution in [-0.4, -0.2) is 0 Å². The summed E-state index contributed by atoms with van der Waals surface area (Å²) < 4.78 is 0. The fourth-order valence-corrected chi connectivity index (χ4v) is 1.12. The maximum absolute atomic E-state index is 5.70. The molecule has 0 fully saturated rings. The highest BCUT2D eigenvalue weighted by Crippen LogP contribution is 2.16. The van der Waals surface area contributed by atoms with Gasteiger partial charge in [-0.05, 0) is 36.6 Å². The van der Waals surface area contributed by atoms with Crippen molar-refractivity contribution in [2.45, 2.75) is 20.4 Å². The first kappa shape index (κ1) is 8.08. The van der Waals surface area contributed by atoms with E-state index in [-0.39, 0.29) is 0 Å². The van der Waals surface area contributed by atoms with E-state index in [1.165, 1.54) is 11.1 Å². The summed E-state index contributed by atoms with van der Waals surface area (Å²) in [5, 5.41) is 0. The molecule has 0 saturated carbocycles. The Morgan fingerprint density at radius 2 is 1.82 bits per heavy atom. The lowest BCUT2D eigenvalue weighted by atomic mass is 10.0. The van der Waals surface area contributed by atoms with Gasteiger partial charge in [-0.15, -0.1) is 0 Å². The predicted octanol–water partition coefficient (Wildman–Crippen LogP) is 1.34. The zero-order valence-corrected chi connectivity index (χ0v) is 7.02. The van der Waals surface area contributed by atoms with Crippen molar-refractivity contribution in [2.24, 2.45) is 5.73 Å². The molecular weight excluding hydrogens is 136 g/mol. The normalized spacial score (nSPS) is 10.1. The van der Waals surface area contributed by atoms with Gasteiger partial charge in [0.05, 0.1) is 0 Å². The van der Waals surface area contributed by atoms with Crippen LogP contribution < -0.4 is 11.5 Å². The van der Waals surface area contributed by atoms with Crippen molar-refractivity contribution < 1.29 is 0 Å². The van der Waals surface area contributed by atoms with Crippen molar-refractivity contribution in [2.75, 3.05) is 5.73 Å². The molecule has 1 rings (SSSR count). The molecule has 0 amide bonds. The van der Waals surface area contributed by atoms with Crippen molar-refractivity contribution in [3.05, 3.63) is 28.8 Å². The molecule has 0 aromatic heterocycles. The van der Waals surface area contributed by atoms with Gasteiger partial charge >= 0.3 is 0 Å². The number of hydrogen-bond donors (Lipinski definition) is 2. The van der Waals surface area contributed by atoms with Crippen LogP contribution >= 0.6 is 0 Å². The fraction of sp³-hybridized carbons (Fsp3) is 0.333. The molecule has 0 unspecified atom stereocenters. The first-order valence-electron chi connectivity index (χ1n) is 3.71. The Bertz CT molecular complexity index is 267. The van der Waals surface area contributed by atoms with Gasteiger partial charge < -0.3 is 11.5 Å². The van der Waals surface area contributed by atoms with Crippen LogP contribution in [-0.2, 0) is 6.54 Å². The van der Waals surface area contributed by atoms with Gasteiger partial charge in [-0.2, -0.15) is 0 Å². The summed E-state index contributed by atoms with van der Waals surface area (Å²) in [6.45, 7) is 4.61. The van der Waals surface area contributed by atoms with Crippen LogP contribution in [0.25, 0.3) is 0 Å². The molecular formula is C9H14N2. The van der Waals surface area contributed by atoms with Gasteiger partial charge in [-0.25, -0.2) is 0 Å². The zero-order valence-electron chi connectivity index (χ0n) is 7.02. The Morgan fingerprint density at radius 1 is 1.18 bits per heavy atom. The Labute approximate surface area is 67.2 Å². The van der Waals surface area contributed by atoms with Gasteiger partial charge in [0.1, 0.15) is 0 Å². The molecule has 4 N–H and O–H groups in total. The van der Waals surface area contributed by atoms with Gasteiger partial charge in [0.25, 0.3) is 0 Å². The molecule has 11 heavy (non-hydrogen) atoms. The quantitative estimate of drug-likeness (QED) is 0.594.